The molecular formula is C12H22O8. The van der Waals surface area contributed by atoms with Crippen molar-refractivity contribution in [1.29, 1.82) is 0 Å². The van der Waals surface area contributed by atoms with Crippen molar-refractivity contribution in [2.45, 2.75) is 0 Å². The lowest BCUT2D eigenvalue weighted by Gasteiger charge is -2.07. The Bertz CT molecular complexity index is 230. The zero-order valence-electron chi connectivity index (χ0n) is 11.9. The van der Waals surface area contributed by atoms with E-state index in [1.54, 1.807) is 0 Å². The Morgan fingerprint density at radius 3 is 1.35 bits per heavy atom. The van der Waals surface area contributed by atoms with Crippen LogP contribution in [-0.2, 0) is 38.0 Å². The van der Waals surface area contributed by atoms with Crippen LogP contribution in [0.1, 0.15) is 0 Å². The van der Waals surface area contributed by atoms with E-state index < -0.39 is 11.9 Å². The fourth-order valence-corrected chi connectivity index (χ4v) is 1.07. The zero-order chi connectivity index (χ0) is 15.1. The molecule has 0 saturated carbocycles. The molecule has 0 aromatic heterocycles. The Morgan fingerprint density at radius 2 is 1.00 bits per heavy atom. The molecule has 0 unspecified atom stereocenters. The second-order valence-electron chi connectivity index (χ2n) is 3.53. The van der Waals surface area contributed by atoms with Crippen molar-refractivity contribution >= 4 is 11.9 Å². The molecule has 0 aliphatic heterocycles. The molecule has 20 heavy (non-hydrogen) atoms. The zero-order valence-corrected chi connectivity index (χ0v) is 11.9. The van der Waals surface area contributed by atoms with Crippen LogP contribution in [0, 0.1) is 0 Å². The smallest absolute Gasteiger partial charge is 0.332 e. The highest BCUT2D eigenvalue weighted by Gasteiger charge is 2.01. The third kappa shape index (κ3) is 13.2. The molecule has 0 fully saturated rings. The molecule has 0 amide bonds. The van der Waals surface area contributed by atoms with Gasteiger partial charge in [-0.05, 0) is 0 Å². The first-order valence-electron chi connectivity index (χ1n) is 6.15. The molecule has 0 rings (SSSR count). The van der Waals surface area contributed by atoms with E-state index in [0.29, 0.717) is 26.4 Å². The van der Waals surface area contributed by atoms with E-state index in [1.807, 2.05) is 0 Å². The van der Waals surface area contributed by atoms with E-state index in [1.165, 1.54) is 14.2 Å². The Hall–Kier alpha value is -1.22. The summed E-state index contributed by atoms with van der Waals surface area (Å²) in [6.07, 6.45) is 0. The monoisotopic (exact) mass is 294 g/mol. The Labute approximate surface area is 118 Å². The highest BCUT2D eigenvalue weighted by atomic mass is 16.6. The minimum absolute atomic E-state index is 0.0646. The van der Waals surface area contributed by atoms with Gasteiger partial charge in [-0.1, -0.05) is 0 Å². The van der Waals surface area contributed by atoms with E-state index in [9.17, 15) is 9.59 Å². The molecule has 0 aliphatic rings. The maximum Gasteiger partial charge on any atom is 0.332 e. The number of hydrogen-bond acceptors (Lipinski definition) is 8. The molecule has 0 spiro atoms. The first kappa shape index (κ1) is 18.8. The first-order valence-corrected chi connectivity index (χ1v) is 6.15. The Balaban J connectivity index is 3.13. The number of hydrogen-bond donors (Lipinski definition) is 0. The van der Waals surface area contributed by atoms with Gasteiger partial charge in [0.25, 0.3) is 0 Å². The molecule has 0 bridgehead atoms. The standard InChI is InChI=1S/C12H22O8/c1-15-9-11(13)19-7-5-17-3-4-18-6-8-20-12(14)10-16-2/h3-10H2,1-2H3. The van der Waals surface area contributed by atoms with Gasteiger partial charge in [-0.2, -0.15) is 0 Å². The largest absolute Gasteiger partial charge is 0.462 e. The SMILES string of the molecule is COCC(=O)OCCOCCOCCOC(=O)COC. The quantitative estimate of drug-likeness (QED) is 0.328. The number of methoxy groups -OCH3 is 2. The van der Waals surface area contributed by atoms with Gasteiger partial charge in [0.2, 0.25) is 0 Å². The maximum atomic E-state index is 10.9. The molecule has 0 atom stereocenters. The van der Waals surface area contributed by atoms with E-state index in [2.05, 4.69) is 9.47 Å². The minimum Gasteiger partial charge on any atom is -0.462 e. The average molecular weight is 294 g/mol. The van der Waals surface area contributed by atoms with E-state index in [0.717, 1.165) is 0 Å². The van der Waals surface area contributed by atoms with Crippen molar-refractivity contribution in [3.05, 3.63) is 0 Å². The molecule has 0 aromatic rings. The number of rotatable bonds is 13. The fourth-order valence-electron chi connectivity index (χ4n) is 1.07. The molecule has 0 heterocycles. The third-order valence-corrected chi connectivity index (χ3v) is 1.88. The summed E-state index contributed by atoms with van der Waals surface area (Å²) in [5.41, 5.74) is 0. The van der Waals surface area contributed by atoms with Crippen molar-refractivity contribution in [1.82, 2.24) is 0 Å². The van der Waals surface area contributed by atoms with Crippen LogP contribution in [0.5, 0.6) is 0 Å². The summed E-state index contributed by atoms with van der Waals surface area (Å²) in [5.74, 6) is -0.851. The van der Waals surface area contributed by atoms with Crippen molar-refractivity contribution in [3.63, 3.8) is 0 Å². The van der Waals surface area contributed by atoms with Crippen molar-refractivity contribution in [3.8, 4) is 0 Å². The molecule has 0 aromatic carbocycles. The van der Waals surface area contributed by atoms with Gasteiger partial charge in [-0.15, -0.1) is 0 Å². The van der Waals surface area contributed by atoms with Crippen LogP contribution in [-0.4, -0.2) is 79.0 Å². The van der Waals surface area contributed by atoms with Crippen molar-refractivity contribution in [2.75, 3.05) is 67.1 Å². The van der Waals surface area contributed by atoms with Crippen LogP contribution in [0.2, 0.25) is 0 Å². The number of carbonyl (C=O) groups is 2. The number of carbonyl (C=O) groups excluding carboxylic acids is 2. The lowest BCUT2D eigenvalue weighted by Crippen LogP contribution is -2.17. The molecular weight excluding hydrogens is 272 g/mol. The third-order valence-electron chi connectivity index (χ3n) is 1.88. The summed E-state index contributed by atoms with van der Waals surface area (Å²) in [5, 5.41) is 0. The van der Waals surface area contributed by atoms with Gasteiger partial charge in [0.15, 0.2) is 0 Å². The molecule has 0 aliphatic carbocycles. The number of ether oxygens (including phenoxy) is 6. The summed E-state index contributed by atoms with van der Waals surface area (Å²) < 4.78 is 29.1. The van der Waals surface area contributed by atoms with Crippen LogP contribution in [0.15, 0.2) is 0 Å². The minimum atomic E-state index is -0.426. The van der Waals surface area contributed by atoms with Crippen molar-refractivity contribution in [2.24, 2.45) is 0 Å². The van der Waals surface area contributed by atoms with Gasteiger partial charge in [-0.3, -0.25) is 0 Å². The van der Waals surface area contributed by atoms with Crippen LogP contribution < -0.4 is 0 Å². The van der Waals surface area contributed by atoms with Crippen LogP contribution in [0.25, 0.3) is 0 Å². The second kappa shape index (κ2) is 14.2. The molecule has 0 N–H and O–H groups in total. The van der Waals surface area contributed by atoms with Gasteiger partial charge < -0.3 is 28.4 Å². The maximum absolute atomic E-state index is 10.9. The Kier molecular flexibility index (Phi) is 13.3. The van der Waals surface area contributed by atoms with Gasteiger partial charge in [0.1, 0.15) is 26.4 Å². The highest BCUT2D eigenvalue weighted by Crippen LogP contribution is 1.85. The predicted octanol–water partition coefficient (Wildman–Crippen LogP) is -0.601. The van der Waals surface area contributed by atoms with Gasteiger partial charge in [0.05, 0.1) is 26.4 Å². The molecule has 118 valence electrons. The van der Waals surface area contributed by atoms with Crippen molar-refractivity contribution < 1.29 is 38.0 Å². The summed E-state index contributed by atoms with van der Waals surface area (Å²) in [6.45, 7) is 1.55. The summed E-state index contributed by atoms with van der Waals surface area (Å²) >= 11 is 0. The summed E-state index contributed by atoms with van der Waals surface area (Å²) in [4.78, 5) is 21.7. The topological polar surface area (TPSA) is 89.5 Å². The summed E-state index contributed by atoms with van der Waals surface area (Å²) in [6, 6.07) is 0. The molecule has 0 radical (unpaired) electrons. The molecule has 8 heteroatoms. The van der Waals surface area contributed by atoms with Crippen LogP contribution in [0.4, 0.5) is 0 Å². The van der Waals surface area contributed by atoms with Crippen LogP contribution in [0.3, 0.4) is 0 Å². The lowest BCUT2D eigenvalue weighted by atomic mass is 10.6. The fraction of sp³-hybridized carbons (Fsp3) is 0.833. The second-order valence-corrected chi connectivity index (χ2v) is 3.53. The predicted molar refractivity (Wildman–Crippen MR) is 67.3 cm³/mol. The highest BCUT2D eigenvalue weighted by molar-refractivity contribution is 5.70. The van der Waals surface area contributed by atoms with Gasteiger partial charge >= 0.3 is 11.9 Å². The summed E-state index contributed by atoms with van der Waals surface area (Å²) in [7, 11) is 2.84. The van der Waals surface area contributed by atoms with Gasteiger partial charge in [-0.25, -0.2) is 9.59 Å². The van der Waals surface area contributed by atoms with E-state index >= 15 is 0 Å². The van der Waals surface area contributed by atoms with E-state index in [-0.39, 0.29) is 26.4 Å². The lowest BCUT2D eigenvalue weighted by molar-refractivity contribution is -0.151. The molecule has 8 nitrogen and oxygen atoms in total. The van der Waals surface area contributed by atoms with Gasteiger partial charge in [0, 0.05) is 14.2 Å². The average Bonchev–Trinajstić information content (AvgIpc) is 2.41. The number of esters is 2. The first-order chi connectivity index (χ1) is 9.70. The Morgan fingerprint density at radius 1 is 0.650 bits per heavy atom. The normalized spacial score (nSPS) is 10.3. The van der Waals surface area contributed by atoms with Crippen LogP contribution >= 0.6 is 0 Å². The molecule has 0 saturated heterocycles. The van der Waals surface area contributed by atoms with E-state index in [4.69, 9.17) is 18.9 Å².